The molecule has 2 heterocycles. The van der Waals surface area contributed by atoms with Gasteiger partial charge in [0.25, 0.3) is 5.91 Å². The van der Waals surface area contributed by atoms with Crippen molar-refractivity contribution in [2.24, 2.45) is 0 Å². The molecule has 1 saturated heterocycles. The number of ether oxygens (including phenoxy) is 1. The molecule has 2 aromatic rings. The van der Waals surface area contributed by atoms with E-state index in [0.29, 0.717) is 42.0 Å². The molecule has 1 N–H and O–H groups in total. The molecule has 0 atom stereocenters. The van der Waals surface area contributed by atoms with Gasteiger partial charge in [-0.2, -0.15) is 13.2 Å². The number of rotatable bonds is 5. The molecule has 10 heteroatoms. The van der Waals surface area contributed by atoms with Gasteiger partial charge in [0.15, 0.2) is 6.61 Å². The molecule has 29 heavy (non-hydrogen) atoms. The van der Waals surface area contributed by atoms with Gasteiger partial charge in [0.2, 0.25) is 0 Å². The first-order chi connectivity index (χ1) is 13.7. The summed E-state index contributed by atoms with van der Waals surface area (Å²) in [7, 11) is 0. The van der Waals surface area contributed by atoms with Crippen LogP contribution in [-0.4, -0.2) is 36.6 Å². The van der Waals surface area contributed by atoms with Crippen molar-refractivity contribution in [2.45, 2.75) is 25.1 Å². The number of amides is 1. The van der Waals surface area contributed by atoms with E-state index in [1.54, 1.807) is 0 Å². The molecule has 5 nitrogen and oxygen atoms in total. The quantitative estimate of drug-likeness (QED) is 0.659. The molecule has 3 rings (SSSR count). The maximum atomic E-state index is 13.1. The molecule has 1 aliphatic heterocycles. The van der Waals surface area contributed by atoms with Gasteiger partial charge in [0, 0.05) is 25.3 Å². The highest BCUT2D eigenvalue weighted by Crippen LogP contribution is 2.30. The standard InChI is InChI=1S/C19H18BrF4N3O2/c20-15-9-13(21)2-3-16(15)29-11-18(28)26-14-5-7-27(8-6-14)17-4-1-12(10-25-17)19(22,23)24/h1-4,9-10,14H,5-8,11H2,(H,26,28). The molecular formula is C19H18BrF4N3O2. The van der Waals surface area contributed by atoms with Crippen molar-refractivity contribution in [1.29, 1.82) is 0 Å². The van der Waals surface area contributed by atoms with Crippen molar-refractivity contribution in [2.75, 3.05) is 24.6 Å². The van der Waals surface area contributed by atoms with Crippen LogP contribution in [0.5, 0.6) is 5.75 Å². The van der Waals surface area contributed by atoms with E-state index in [1.165, 1.54) is 24.3 Å². The first-order valence-corrected chi connectivity index (χ1v) is 9.67. The lowest BCUT2D eigenvalue weighted by Gasteiger charge is -2.33. The van der Waals surface area contributed by atoms with Gasteiger partial charge < -0.3 is 15.0 Å². The van der Waals surface area contributed by atoms with Gasteiger partial charge in [-0.05, 0) is 59.1 Å². The van der Waals surface area contributed by atoms with E-state index in [0.717, 1.165) is 12.3 Å². The Kier molecular flexibility index (Phi) is 6.61. The van der Waals surface area contributed by atoms with Crippen molar-refractivity contribution < 1.29 is 27.1 Å². The number of hydrogen-bond donors (Lipinski definition) is 1. The third-order valence-corrected chi connectivity index (χ3v) is 5.13. The number of pyridine rings is 1. The van der Waals surface area contributed by atoms with Crippen LogP contribution in [0, 0.1) is 5.82 Å². The Hall–Kier alpha value is -2.36. The highest BCUT2D eigenvalue weighted by Gasteiger charge is 2.31. The molecule has 0 radical (unpaired) electrons. The molecule has 1 aliphatic rings. The number of halogens is 5. The minimum atomic E-state index is -4.41. The number of anilines is 1. The number of carbonyl (C=O) groups is 1. The number of alkyl halides is 3. The normalized spacial score (nSPS) is 15.3. The van der Waals surface area contributed by atoms with Crippen LogP contribution < -0.4 is 15.0 Å². The largest absolute Gasteiger partial charge is 0.483 e. The molecule has 0 spiro atoms. The van der Waals surface area contributed by atoms with Crippen molar-refractivity contribution in [3.05, 3.63) is 52.4 Å². The highest BCUT2D eigenvalue weighted by molar-refractivity contribution is 9.10. The number of piperidine rings is 1. The summed E-state index contributed by atoms with van der Waals surface area (Å²) in [5.74, 6) is 0.132. The zero-order valence-corrected chi connectivity index (χ0v) is 16.8. The SMILES string of the molecule is O=C(COc1ccc(F)cc1Br)NC1CCN(c2ccc(C(F)(F)F)cn2)CC1. The molecular weight excluding hydrogens is 458 g/mol. The summed E-state index contributed by atoms with van der Waals surface area (Å²) in [6, 6.07) is 6.23. The van der Waals surface area contributed by atoms with E-state index < -0.39 is 17.6 Å². The van der Waals surface area contributed by atoms with Gasteiger partial charge in [-0.3, -0.25) is 4.79 Å². The van der Waals surface area contributed by atoms with E-state index in [4.69, 9.17) is 4.74 Å². The summed E-state index contributed by atoms with van der Waals surface area (Å²) >= 11 is 3.17. The first-order valence-electron chi connectivity index (χ1n) is 8.88. The van der Waals surface area contributed by atoms with Crippen LogP contribution in [0.2, 0.25) is 0 Å². The molecule has 0 bridgehead atoms. The van der Waals surface area contributed by atoms with Crippen LogP contribution in [0.15, 0.2) is 41.0 Å². The van der Waals surface area contributed by atoms with E-state index in [2.05, 4.69) is 26.2 Å². The van der Waals surface area contributed by atoms with Crippen molar-refractivity contribution in [1.82, 2.24) is 10.3 Å². The monoisotopic (exact) mass is 475 g/mol. The summed E-state index contributed by atoms with van der Waals surface area (Å²) in [5, 5.41) is 2.87. The van der Waals surface area contributed by atoms with E-state index in [9.17, 15) is 22.4 Å². The topological polar surface area (TPSA) is 54.5 Å². The number of aromatic nitrogens is 1. The Bertz CT molecular complexity index is 854. The predicted octanol–water partition coefficient (Wildman–Crippen LogP) is 4.17. The Morgan fingerprint density at radius 2 is 1.97 bits per heavy atom. The molecule has 1 aromatic heterocycles. The number of hydrogen-bond acceptors (Lipinski definition) is 4. The van der Waals surface area contributed by atoms with Crippen LogP contribution in [-0.2, 0) is 11.0 Å². The lowest BCUT2D eigenvalue weighted by molar-refractivity contribution is -0.137. The third-order valence-electron chi connectivity index (χ3n) is 4.51. The maximum Gasteiger partial charge on any atom is 0.417 e. The maximum absolute atomic E-state index is 13.1. The summed E-state index contributed by atoms with van der Waals surface area (Å²) in [6.45, 7) is 0.923. The minimum Gasteiger partial charge on any atom is -0.483 e. The second kappa shape index (κ2) is 8.98. The summed E-state index contributed by atoms with van der Waals surface area (Å²) in [4.78, 5) is 17.9. The van der Waals surface area contributed by atoms with Gasteiger partial charge in [-0.15, -0.1) is 0 Å². The fourth-order valence-electron chi connectivity index (χ4n) is 3.00. The number of nitrogens with one attached hydrogen (secondary N) is 1. The Balaban J connectivity index is 1.45. The van der Waals surface area contributed by atoms with Gasteiger partial charge in [-0.25, -0.2) is 9.37 Å². The van der Waals surface area contributed by atoms with Gasteiger partial charge in [-0.1, -0.05) is 0 Å². The summed E-state index contributed by atoms with van der Waals surface area (Å²) < 4.78 is 56.7. The lowest BCUT2D eigenvalue weighted by atomic mass is 10.0. The van der Waals surface area contributed by atoms with E-state index >= 15 is 0 Å². The van der Waals surface area contributed by atoms with Crippen LogP contribution in [0.1, 0.15) is 18.4 Å². The van der Waals surface area contributed by atoms with Crippen LogP contribution >= 0.6 is 15.9 Å². The Morgan fingerprint density at radius 3 is 2.55 bits per heavy atom. The van der Waals surface area contributed by atoms with Crippen molar-refractivity contribution in [3.63, 3.8) is 0 Å². The van der Waals surface area contributed by atoms with Crippen molar-refractivity contribution >= 4 is 27.7 Å². The second-order valence-electron chi connectivity index (χ2n) is 6.60. The molecule has 1 aromatic carbocycles. The number of benzene rings is 1. The molecule has 156 valence electrons. The Labute approximate surface area is 173 Å². The fourth-order valence-corrected chi connectivity index (χ4v) is 3.46. The average molecular weight is 476 g/mol. The molecule has 1 amide bonds. The molecule has 0 aliphatic carbocycles. The number of nitrogens with zero attached hydrogens (tertiary/aromatic N) is 2. The van der Waals surface area contributed by atoms with Gasteiger partial charge in [0.1, 0.15) is 17.4 Å². The zero-order valence-electron chi connectivity index (χ0n) is 15.2. The smallest absolute Gasteiger partial charge is 0.417 e. The fraction of sp³-hybridized carbons (Fsp3) is 0.368. The Morgan fingerprint density at radius 1 is 1.24 bits per heavy atom. The number of carbonyl (C=O) groups excluding carboxylic acids is 1. The van der Waals surface area contributed by atoms with Gasteiger partial charge >= 0.3 is 6.18 Å². The average Bonchev–Trinajstić information content (AvgIpc) is 2.67. The van der Waals surface area contributed by atoms with Crippen LogP contribution in [0.4, 0.5) is 23.4 Å². The van der Waals surface area contributed by atoms with E-state index in [-0.39, 0.29) is 18.6 Å². The van der Waals surface area contributed by atoms with Crippen molar-refractivity contribution in [3.8, 4) is 5.75 Å². The lowest BCUT2D eigenvalue weighted by Crippen LogP contribution is -2.46. The summed E-state index contributed by atoms with van der Waals surface area (Å²) in [5.41, 5.74) is -0.781. The zero-order chi connectivity index (χ0) is 21.0. The van der Waals surface area contributed by atoms with Crippen LogP contribution in [0.3, 0.4) is 0 Å². The molecule has 0 unspecified atom stereocenters. The van der Waals surface area contributed by atoms with Gasteiger partial charge in [0.05, 0.1) is 10.0 Å². The summed E-state index contributed by atoms with van der Waals surface area (Å²) in [6.07, 6.45) is -2.31. The molecule has 1 fully saturated rings. The third kappa shape index (κ3) is 5.81. The van der Waals surface area contributed by atoms with E-state index in [1.807, 2.05) is 4.90 Å². The first kappa shape index (κ1) is 21.4. The predicted molar refractivity (Wildman–Crippen MR) is 102 cm³/mol. The molecule has 0 saturated carbocycles. The van der Waals surface area contributed by atoms with Crippen LogP contribution in [0.25, 0.3) is 0 Å². The second-order valence-corrected chi connectivity index (χ2v) is 7.45. The minimum absolute atomic E-state index is 0.0616. The highest BCUT2D eigenvalue weighted by atomic mass is 79.9.